The van der Waals surface area contributed by atoms with E-state index >= 15 is 0 Å². The van der Waals surface area contributed by atoms with Crippen LogP contribution in [0.15, 0.2) is 42.6 Å². The van der Waals surface area contributed by atoms with Gasteiger partial charge in [0.05, 0.1) is 26.2 Å². The number of ketones is 1. The molecular weight excluding hydrogens is 334 g/mol. The van der Waals surface area contributed by atoms with Gasteiger partial charge in [-0.25, -0.2) is 0 Å². The minimum Gasteiger partial charge on any atom is -0.360 e. The Balaban J connectivity index is 1.42. The second-order valence-electron chi connectivity index (χ2n) is 7.81. The van der Waals surface area contributed by atoms with Crippen LogP contribution in [0.2, 0.25) is 0 Å². The molecule has 0 atom stereocenters. The van der Waals surface area contributed by atoms with Crippen LogP contribution in [0.25, 0.3) is 10.9 Å². The minimum absolute atomic E-state index is 0.238. The van der Waals surface area contributed by atoms with Crippen molar-refractivity contribution in [3.05, 3.63) is 64.8 Å². The fourth-order valence-electron chi connectivity index (χ4n) is 4.11. The Labute approximate surface area is 160 Å². The molecule has 4 rings (SSSR count). The summed E-state index contributed by atoms with van der Waals surface area (Å²) in [5.41, 5.74) is 7.10. The molecule has 2 aromatic carbocycles. The highest BCUT2D eigenvalue weighted by molar-refractivity contribution is 6.08. The van der Waals surface area contributed by atoms with Crippen LogP contribution >= 0.6 is 0 Å². The quantitative estimate of drug-likeness (QED) is 0.701. The summed E-state index contributed by atoms with van der Waals surface area (Å²) >= 11 is 0. The average Bonchev–Trinajstić information content (AvgIpc) is 3.08. The summed E-state index contributed by atoms with van der Waals surface area (Å²) in [6.45, 7) is 11.0. The fourth-order valence-corrected chi connectivity index (χ4v) is 4.11. The van der Waals surface area contributed by atoms with Gasteiger partial charge in [-0.05, 0) is 50.1 Å². The summed E-state index contributed by atoms with van der Waals surface area (Å²) in [5.74, 6) is 0.238. The zero-order chi connectivity index (χ0) is 19.0. The summed E-state index contributed by atoms with van der Waals surface area (Å²) in [5, 5.41) is 1.05. The Hall–Kier alpha value is -2.59. The van der Waals surface area contributed by atoms with Gasteiger partial charge in [0, 0.05) is 28.4 Å². The Bertz CT molecular complexity index is 980. The number of nitrogens with zero attached hydrogens (tertiary/aromatic N) is 1. The highest BCUT2D eigenvalue weighted by atomic mass is 16.1. The molecule has 0 saturated carbocycles. The monoisotopic (exact) mass is 362 g/mol. The highest BCUT2D eigenvalue weighted by Crippen LogP contribution is 2.23. The number of aromatic nitrogens is 1. The number of hydrogen-bond acceptors (Lipinski definition) is 2. The second-order valence-corrected chi connectivity index (χ2v) is 7.81. The van der Waals surface area contributed by atoms with Gasteiger partial charge in [0.15, 0.2) is 0 Å². The fraction of sp³-hybridized carbons (Fsp3) is 0.348. The molecule has 140 valence electrons. The average molecular weight is 362 g/mol. The van der Waals surface area contributed by atoms with Crippen molar-refractivity contribution in [2.24, 2.45) is 0 Å². The van der Waals surface area contributed by atoms with Gasteiger partial charge in [-0.1, -0.05) is 23.8 Å². The van der Waals surface area contributed by atoms with Crippen molar-refractivity contribution in [3.8, 4) is 0 Å². The van der Waals surface area contributed by atoms with Crippen molar-refractivity contribution in [3.63, 3.8) is 0 Å². The zero-order valence-electron chi connectivity index (χ0n) is 16.4. The molecule has 2 heterocycles. The van der Waals surface area contributed by atoms with E-state index in [-0.39, 0.29) is 5.78 Å². The Morgan fingerprint density at radius 1 is 1.11 bits per heavy atom. The van der Waals surface area contributed by atoms with Gasteiger partial charge in [0.1, 0.15) is 6.54 Å². The van der Waals surface area contributed by atoms with Crippen molar-refractivity contribution in [2.45, 2.75) is 20.8 Å². The van der Waals surface area contributed by atoms with Gasteiger partial charge in [0.2, 0.25) is 5.78 Å². The predicted molar refractivity (Wildman–Crippen MR) is 111 cm³/mol. The topological polar surface area (TPSA) is 40.5 Å². The standard InChI is InChI=1S/C23H27N3O/c1-16-7-8-21-19(13-16)20(14-24-21)23(27)15-25-9-11-26(12-10-25)22-6-4-5-17(2)18(22)3/h4-8,13-14,24H,9-12,15H2,1-3H3/p+1. The number of piperazine rings is 1. The molecule has 0 spiro atoms. The molecule has 3 aromatic rings. The summed E-state index contributed by atoms with van der Waals surface area (Å²) in [6.07, 6.45) is 1.87. The summed E-state index contributed by atoms with van der Waals surface area (Å²) in [6, 6.07) is 12.8. The number of carbonyl (C=O) groups excluding carboxylic acids is 1. The Morgan fingerprint density at radius 3 is 2.67 bits per heavy atom. The number of nitrogens with one attached hydrogen (secondary N) is 2. The SMILES string of the molecule is Cc1ccc2[nH]cc(C(=O)C[NH+]3CCN(c4cccc(C)c4C)CC3)c2c1. The third-order valence-corrected chi connectivity index (χ3v) is 5.94. The van der Waals surface area contributed by atoms with Crippen molar-refractivity contribution < 1.29 is 9.69 Å². The van der Waals surface area contributed by atoms with E-state index in [4.69, 9.17) is 0 Å². The van der Waals surface area contributed by atoms with Gasteiger partial charge >= 0.3 is 0 Å². The molecule has 0 radical (unpaired) electrons. The molecule has 27 heavy (non-hydrogen) atoms. The molecule has 0 aliphatic carbocycles. The van der Waals surface area contributed by atoms with E-state index in [0.29, 0.717) is 6.54 Å². The van der Waals surface area contributed by atoms with E-state index in [0.717, 1.165) is 42.6 Å². The van der Waals surface area contributed by atoms with E-state index in [1.165, 1.54) is 27.3 Å². The number of fused-ring (bicyclic) bond motifs is 1. The largest absolute Gasteiger partial charge is 0.360 e. The maximum Gasteiger partial charge on any atom is 0.219 e. The molecule has 1 fully saturated rings. The van der Waals surface area contributed by atoms with Crippen LogP contribution in [0.4, 0.5) is 5.69 Å². The molecule has 1 aromatic heterocycles. The number of anilines is 1. The van der Waals surface area contributed by atoms with Crippen molar-refractivity contribution in [1.82, 2.24) is 4.98 Å². The minimum atomic E-state index is 0.238. The molecule has 1 aliphatic rings. The molecule has 1 saturated heterocycles. The molecule has 4 nitrogen and oxygen atoms in total. The summed E-state index contributed by atoms with van der Waals surface area (Å²) in [4.78, 5) is 20.0. The van der Waals surface area contributed by atoms with Crippen molar-refractivity contribution in [1.29, 1.82) is 0 Å². The first kappa shape index (κ1) is 17.8. The number of carbonyl (C=O) groups is 1. The van der Waals surface area contributed by atoms with Crippen molar-refractivity contribution in [2.75, 3.05) is 37.6 Å². The van der Waals surface area contributed by atoms with Gasteiger partial charge in [-0.2, -0.15) is 0 Å². The summed E-state index contributed by atoms with van der Waals surface area (Å²) in [7, 11) is 0. The molecule has 0 amide bonds. The number of Topliss-reactive ketones (excluding diaryl/α,β-unsaturated/α-hetero) is 1. The third-order valence-electron chi connectivity index (χ3n) is 5.94. The molecule has 0 bridgehead atoms. The van der Waals surface area contributed by atoms with Gasteiger partial charge in [-0.15, -0.1) is 0 Å². The number of rotatable bonds is 4. The molecule has 1 aliphatic heterocycles. The number of benzene rings is 2. The van der Waals surface area contributed by atoms with Crippen LogP contribution in [0.1, 0.15) is 27.0 Å². The van der Waals surface area contributed by atoms with E-state index in [1.807, 2.05) is 6.20 Å². The highest BCUT2D eigenvalue weighted by Gasteiger charge is 2.24. The lowest BCUT2D eigenvalue weighted by Gasteiger charge is -2.34. The molecular formula is C23H28N3O+. The number of H-pyrrole nitrogens is 1. The van der Waals surface area contributed by atoms with E-state index in [1.54, 1.807) is 0 Å². The van der Waals surface area contributed by atoms with Crippen LogP contribution in [-0.4, -0.2) is 43.5 Å². The third kappa shape index (κ3) is 3.50. The van der Waals surface area contributed by atoms with Crippen molar-refractivity contribution >= 4 is 22.4 Å². The Morgan fingerprint density at radius 2 is 1.89 bits per heavy atom. The number of hydrogen-bond donors (Lipinski definition) is 2. The zero-order valence-corrected chi connectivity index (χ0v) is 16.4. The van der Waals surface area contributed by atoms with Gasteiger partial charge in [0.25, 0.3) is 0 Å². The molecule has 0 unspecified atom stereocenters. The van der Waals surface area contributed by atoms with Crippen LogP contribution in [0, 0.1) is 20.8 Å². The van der Waals surface area contributed by atoms with E-state index < -0.39 is 0 Å². The summed E-state index contributed by atoms with van der Waals surface area (Å²) < 4.78 is 0. The molecule has 2 N–H and O–H groups in total. The van der Waals surface area contributed by atoms with Crippen LogP contribution < -0.4 is 9.80 Å². The lowest BCUT2D eigenvalue weighted by Crippen LogP contribution is -3.15. The van der Waals surface area contributed by atoms with Crippen LogP contribution in [-0.2, 0) is 0 Å². The van der Waals surface area contributed by atoms with Gasteiger partial charge in [-0.3, -0.25) is 4.79 Å². The van der Waals surface area contributed by atoms with Crippen LogP contribution in [0.5, 0.6) is 0 Å². The van der Waals surface area contributed by atoms with E-state index in [2.05, 4.69) is 67.1 Å². The number of aryl methyl sites for hydroxylation is 2. The van der Waals surface area contributed by atoms with Gasteiger partial charge < -0.3 is 14.8 Å². The smallest absolute Gasteiger partial charge is 0.219 e. The Kier molecular flexibility index (Phi) is 4.75. The predicted octanol–water partition coefficient (Wildman–Crippen LogP) is 2.68. The second kappa shape index (κ2) is 7.20. The van der Waals surface area contributed by atoms with Crippen LogP contribution in [0.3, 0.4) is 0 Å². The maximum atomic E-state index is 12.9. The lowest BCUT2D eigenvalue weighted by atomic mass is 10.1. The maximum absolute atomic E-state index is 12.9. The number of aromatic amines is 1. The normalized spacial score (nSPS) is 15.4. The first-order valence-corrected chi connectivity index (χ1v) is 9.78. The number of quaternary nitrogens is 1. The first-order chi connectivity index (χ1) is 13.0. The first-order valence-electron chi connectivity index (χ1n) is 9.78. The van der Waals surface area contributed by atoms with E-state index in [9.17, 15) is 4.79 Å². The lowest BCUT2D eigenvalue weighted by molar-refractivity contribution is -0.892. The molecule has 4 heteroatoms.